The molecule has 0 saturated carbocycles. The van der Waals surface area contributed by atoms with E-state index in [2.05, 4.69) is 25.7 Å². The third-order valence-corrected chi connectivity index (χ3v) is 7.00. The molecule has 208 valence electrons. The van der Waals surface area contributed by atoms with Gasteiger partial charge in [0.2, 0.25) is 5.95 Å². The van der Waals surface area contributed by atoms with Gasteiger partial charge in [0.15, 0.2) is 0 Å². The first-order valence-corrected chi connectivity index (χ1v) is 12.8. The lowest BCUT2D eigenvalue weighted by atomic mass is 9.99. The van der Waals surface area contributed by atoms with Crippen molar-refractivity contribution in [1.82, 2.24) is 24.6 Å². The number of fused-ring (bicyclic) bond motifs is 1. The maximum atomic E-state index is 13.0. The summed E-state index contributed by atoms with van der Waals surface area (Å²) in [6, 6.07) is 10.8. The lowest BCUT2D eigenvalue weighted by Gasteiger charge is -2.29. The molecule has 0 unspecified atom stereocenters. The zero-order chi connectivity index (χ0) is 28.4. The summed E-state index contributed by atoms with van der Waals surface area (Å²) in [7, 11) is 0. The number of hydrogen-bond donors (Lipinski definition) is 3. The third kappa shape index (κ3) is 5.87. The normalized spacial score (nSPS) is 13.2. The van der Waals surface area contributed by atoms with Crippen molar-refractivity contribution in [2.24, 2.45) is 0 Å². The number of carbonyl (C=O) groups is 1. The molecule has 0 radical (unpaired) electrons. The maximum absolute atomic E-state index is 13.0. The monoisotopic (exact) mass is 571 g/mol. The number of halogens is 4. The summed E-state index contributed by atoms with van der Waals surface area (Å²) >= 11 is 6.26. The lowest BCUT2D eigenvalue weighted by Crippen LogP contribution is -2.43. The minimum absolute atomic E-state index is 0.00392. The van der Waals surface area contributed by atoms with E-state index in [0.29, 0.717) is 52.1 Å². The van der Waals surface area contributed by atoms with Crippen molar-refractivity contribution in [1.29, 1.82) is 0 Å². The molecule has 0 atom stereocenters. The number of anilines is 4. The van der Waals surface area contributed by atoms with Crippen molar-refractivity contribution >= 4 is 40.6 Å². The second-order valence-corrected chi connectivity index (χ2v) is 9.70. The van der Waals surface area contributed by atoms with Crippen LogP contribution >= 0.6 is 11.6 Å². The Morgan fingerprint density at radius 1 is 1.15 bits per heavy atom. The molecule has 1 aliphatic heterocycles. The second kappa shape index (κ2) is 11.1. The number of aliphatic hydroxyl groups is 1. The van der Waals surface area contributed by atoms with Crippen molar-refractivity contribution in [3.05, 3.63) is 76.7 Å². The fraction of sp³-hybridized carbons (Fsp3) is 0.259. The van der Waals surface area contributed by atoms with Crippen LogP contribution in [0.1, 0.15) is 16.7 Å². The first-order valence-electron chi connectivity index (χ1n) is 12.4. The van der Waals surface area contributed by atoms with E-state index in [1.807, 2.05) is 25.1 Å². The molecule has 40 heavy (non-hydrogen) atoms. The molecule has 0 saturated heterocycles. The number of rotatable bonds is 7. The fourth-order valence-corrected chi connectivity index (χ4v) is 4.64. The highest BCUT2D eigenvalue weighted by Gasteiger charge is 2.43. The average Bonchev–Trinajstić information content (AvgIpc) is 3.38. The number of nitrogens with one attached hydrogen (secondary N) is 2. The van der Waals surface area contributed by atoms with Crippen LogP contribution < -0.4 is 10.6 Å². The molecule has 1 amide bonds. The summed E-state index contributed by atoms with van der Waals surface area (Å²) in [6.07, 6.45) is 0.407. The number of aliphatic hydroxyl groups excluding tert-OH is 1. The largest absolute Gasteiger partial charge is 0.471 e. The summed E-state index contributed by atoms with van der Waals surface area (Å²) < 4.78 is 40.7. The Morgan fingerprint density at radius 2 is 1.98 bits per heavy atom. The van der Waals surface area contributed by atoms with Crippen LogP contribution in [0.3, 0.4) is 0 Å². The van der Waals surface area contributed by atoms with Crippen molar-refractivity contribution in [2.75, 3.05) is 23.8 Å². The Bertz CT molecular complexity index is 1560. The van der Waals surface area contributed by atoms with Gasteiger partial charge in [0.1, 0.15) is 5.82 Å². The predicted molar refractivity (Wildman–Crippen MR) is 145 cm³/mol. The minimum Gasteiger partial charge on any atom is -0.394 e. The van der Waals surface area contributed by atoms with Gasteiger partial charge in [0.05, 0.1) is 19.3 Å². The highest BCUT2D eigenvalue weighted by Crippen LogP contribution is 2.33. The number of alkyl halides is 3. The average molecular weight is 572 g/mol. The van der Waals surface area contributed by atoms with E-state index in [-0.39, 0.29) is 19.7 Å². The van der Waals surface area contributed by atoms with Gasteiger partial charge in [-0.3, -0.25) is 9.48 Å². The highest BCUT2D eigenvalue weighted by molar-refractivity contribution is 6.31. The number of nitrogens with zero attached hydrogens (tertiary/aromatic N) is 5. The summed E-state index contributed by atoms with van der Waals surface area (Å²) in [4.78, 5) is 21.8. The van der Waals surface area contributed by atoms with Crippen molar-refractivity contribution in [3.8, 4) is 11.1 Å². The molecule has 9 nitrogen and oxygen atoms in total. The van der Waals surface area contributed by atoms with E-state index < -0.39 is 12.1 Å². The standard InChI is InChI=1S/C27H25ClF3N7O2/c1-16-22(28)3-2-4-23(16)35-26-32-13-21(19-12-33-38(15-19)9-10-39)24(36-26)34-20-6-5-17-7-8-37(14-18(17)11-20)25(40)27(29,30)31/h2-6,11-13,15,39H,7-10,14H2,1H3,(H2,32,34,35,36). The molecule has 0 fully saturated rings. The Labute approximate surface area is 232 Å². The van der Waals surface area contributed by atoms with Gasteiger partial charge < -0.3 is 20.6 Å². The molecule has 0 spiro atoms. The van der Waals surface area contributed by atoms with Crippen molar-refractivity contribution < 1.29 is 23.1 Å². The Kier molecular flexibility index (Phi) is 7.63. The maximum Gasteiger partial charge on any atom is 0.471 e. The van der Waals surface area contributed by atoms with Gasteiger partial charge >= 0.3 is 12.1 Å². The van der Waals surface area contributed by atoms with Crippen LogP contribution in [0.5, 0.6) is 0 Å². The first-order chi connectivity index (χ1) is 19.1. The van der Waals surface area contributed by atoms with Crippen LogP contribution in [0.15, 0.2) is 55.0 Å². The summed E-state index contributed by atoms with van der Waals surface area (Å²) in [5.74, 6) is -1.14. The molecule has 0 aliphatic carbocycles. The minimum atomic E-state index is -4.92. The highest BCUT2D eigenvalue weighted by atomic mass is 35.5. The zero-order valence-electron chi connectivity index (χ0n) is 21.3. The Hall–Kier alpha value is -4.16. The second-order valence-electron chi connectivity index (χ2n) is 9.29. The van der Waals surface area contributed by atoms with Gasteiger partial charge in [-0.1, -0.05) is 23.7 Å². The predicted octanol–water partition coefficient (Wildman–Crippen LogP) is 5.23. The van der Waals surface area contributed by atoms with Gasteiger partial charge in [0.25, 0.3) is 0 Å². The topological polar surface area (TPSA) is 108 Å². The van der Waals surface area contributed by atoms with E-state index in [4.69, 9.17) is 11.6 Å². The summed E-state index contributed by atoms with van der Waals surface area (Å²) in [5, 5.41) is 20.5. The molecule has 1 aliphatic rings. The molecule has 4 aromatic rings. The van der Waals surface area contributed by atoms with E-state index in [1.54, 1.807) is 41.5 Å². The van der Waals surface area contributed by atoms with E-state index >= 15 is 0 Å². The van der Waals surface area contributed by atoms with Gasteiger partial charge in [-0.25, -0.2) is 4.98 Å². The fourth-order valence-electron chi connectivity index (χ4n) is 4.46. The van der Waals surface area contributed by atoms with E-state index in [1.165, 1.54) is 0 Å². The van der Waals surface area contributed by atoms with E-state index in [9.17, 15) is 23.1 Å². The number of carbonyl (C=O) groups excluding carboxylic acids is 1. The molecular formula is C27H25ClF3N7O2. The quantitative estimate of drug-likeness (QED) is 0.279. The zero-order valence-corrected chi connectivity index (χ0v) is 22.1. The lowest BCUT2D eigenvalue weighted by molar-refractivity contribution is -0.186. The van der Waals surface area contributed by atoms with Gasteiger partial charge in [-0.05, 0) is 54.3 Å². The van der Waals surface area contributed by atoms with E-state index in [0.717, 1.165) is 21.7 Å². The molecule has 5 rings (SSSR count). The molecular weight excluding hydrogens is 547 g/mol. The van der Waals surface area contributed by atoms with Crippen LogP contribution in [-0.4, -0.2) is 55.0 Å². The van der Waals surface area contributed by atoms with Gasteiger partial charge in [0, 0.05) is 53.0 Å². The van der Waals surface area contributed by atoms with Gasteiger partial charge in [-0.15, -0.1) is 0 Å². The molecule has 0 bridgehead atoms. The van der Waals surface area contributed by atoms with Crippen LogP contribution in [0, 0.1) is 6.92 Å². The third-order valence-electron chi connectivity index (χ3n) is 6.59. The first kappa shape index (κ1) is 27.4. The molecule has 3 heterocycles. The number of hydrogen-bond acceptors (Lipinski definition) is 7. The SMILES string of the molecule is Cc1c(Cl)cccc1Nc1ncc(-c2cnn(CCO)c2)c(Nc2ccc3c(c2)CN(C(=O)C(F)(F)F)CC3)n1. The van der Waals surface area contributed by atoms with Crippen LogP contribution in [0.25, 0.3) is 11.1 Å². The molecule has 3 N–H and O–H groups in total. The van der Waals surface area contributed by atoms with Crippen LogP contribution in [0.2, 0.25) is 5.02 Å². The number of amides is 1. The summed E-state index contributed by atoms with van der Waals surface area (Å²) in [5.41, 5.74) is 4.93. The van der Waals surface area contributed by atoms with Crippen LogP contribution in [-0.2, 0) is 24.3 Å². The van der Waals surface area contributed by atoms with Crippen molar-refractivity contribution in [3.63, 3.8) is 0 Å². The molecule has 13 heteroatoms. The smallest absolute Gasteiger partial charge is 0.394 e. The molecule has 2 aromatic heterocycles. The number of aromatic nitrogens is 4. The summed E-state index contributed by atoms with van der Waals surface area (Å²) in [6.45, 7) is 1.97. The Balaban J connectivity index is 1.48. The molecule has 2 aromatic carbocycles. The number of benzene rings is 2. The van der Waals surface area contributed by atoms with Gasteiger partial charge in [-0.2, -0.15) is 23.3 Å². The van der Waals surface area contributed by atoms with Crippen molar-refractivity contribution in [2.45, 2.75) is 32.6 Å². The van der Waals surface area contributed by atoms with Crippen LogP contribution in [0.4, 0.5) is 36.3 Å². The Morgan fingerprint density at radius 3 is 2.75 bits per heavy atom.